The van der Waals surface area contributed by atoms with Gasteiger partial charge in [-0.25, -0.2) is 8.42 Å². The van der Waals surface area contributed by atoms with Crippen molar-refractivity contribution in [3.63, 3.8) is 0 Å². The van der Waals surface area contributed by atoms with Crippen LogP contribution in [0.3, 0.4) is 0 Å². The van der Waals surface area contributed by atoms with Crippen LogP contribution in [-0.4, -0.2) is 60.4 Å². The molecule has 1 aliphatic heterocycles. The predicted molar refractivity (Wildman–Crippen MR) is 128 cm³/mol. The normalized spacial score (nSPS) is 15.0. The van der Waals surface area contributed by atoms with E-state index in [1.54, 1.807) is 11.0 Å². The minimum atomic E-state index is -3.79. The molecule has 8 nitrogen and oxygen atoms in total. The van der Waals surface area contributed by atoms with Crippen LogP contribution < -0.4 is 4.87 Å². The Hall–Kier alpha value is -2.53. The summed E-state index contributed by atoms with van der Waals surface area (Å²) in [5.41, 5.74) is 1.46. The highest BCUT2D eigenvalue weighted by Crippen LogP contribution is 2.26. The third kappa shape index (κ3) is 5.03. The molecule has 0 radical (unpaired) electrons. The van der Waals surface area contributed by atoms with Crippen molar-refractivity contribution in [3.8, 4) is 0 Å². The van der Waals surface area contributed by atoms with Gasteiger partial charge in [-0.05, 0) is 37.6 Å². The Morgan fingerprint density at radius 2 is 1.82 bits per heavy atom. The Balaban J connectivity index is 1.63. The molecule has 0 spiro atoms. The lowest BCUT2D eigenvalue weighted by Gasteiger charge is -2.27. The predicted octanol–water partition coefficient (Wildman–Crippen LogP) is 2.52. The number of fused-ring (bicyclic) bond motifs is 1. The molecule has 3 aromatic rings. The van der Waals surface area contributed by atoms with Crippen LogP contribution in [0.25, 0.3) is 10.2 Å². The van der Waals surface area contributed by atoms with Gasteiger partial charge in [-0.3, -0.25) is 14.2 Å². The molecule has 0 bridgehead atoms. The summed E-state index contributed by atoms with van der Waals surface area (Å²) in [5, 5.41) is 0. The fourth-order valence-electron chi connectivity index (χ4n) is 3.85. The highest BCUT2D eigenvalue weighted by atomic mass is 32.2. The van der Waals surface area contributed by atoms with Crippen molar-refractivity contribution in [2.75, 3.05) is 26.3 Å². The third-order valence-electron chi connectivity index (χ3n) is 5.66. The van der Waals surface area contributed by atoms with Crippen LogP contribution >= 0.6 is 11.3 Å². The fourth-order valence-corrected chi connectivity index (χ4v) is 6.50. The van der Waals surface area contributed by atoms with Crippen LogP contribution in [0.4, 0.5) is 0 Å². The number of carbonyl (C=O) groups is 1. The van der Waals surface area contributed by atoms with Gasteiger partial charge in [0.05, 0.1) is 28.3 Å². The van der Waals surface area contributed by atoms with E-state index >= 15 is 0 Å². The number of hydrogen-bond donors (Lipinski definition) is 0. The second kappa shape index (κ2) is 9.76. The molecule has 2 heterocycles. The highest BCUT2D eigenvalue weighted by Gasteiger charge is 2.28. The van der Waals surface area contributed by atoms with Crippen LogP contribution in [0, 0.1) is 0 Å². The van der Waals surface area contributed by atoms with Gasteiger partial charge < -0.3 is 9.64 Å². The van der Waals surface area contributed by atoms with E-state index in [0.29, 0.717) is 36.5 Å². The summed E-state index contributed by atoms with van der Waals surface area (Å²) in [5.74, 6) is -0.148. The van der Waals surface area contributed by atoms with Gasteiger partial charge in [-0.2, -0.15) is 4.31 Å². The van der Waals surface area contributed by atoms with Gasteiger partial charge in [-0.1, -0.05) is 41.7 Å². The van der Waals surface area contributed by atoms with Crippen molar-refractivity contribution >= 4 is 37.5 Å². The number of amides is 1. The molecule has 1 saturated heterocycles. The molecule has 176 valence electrons. The molecule has 4 rings (SSSR count). The quantitative estimate of drug-likeness (QED) is 0.509. The molecule has 0 saturated carbocycles. The number of nitrogens with zero attached hydrogens (tertiary/aromatic N) is 3. The molecule has 33 heavy (non-hydrogen) atoms. The number of rotatable bonds is 7. The largest absolute Gasteiger partial charge is 0.378 e. The monoisotopic (exact) mass is 489 g/mol. The minimum Gasteiger partial charge on any atom is -0.378 e. The Morgan fingerprint density at radius 3 is 2.48 bits per heavy atom. The van der Waals surface area contributed by atoms with Gasteiger partial charge in [-0.15, -0.1) is 0 Å². The van der Waals surface area contributed by atoms with Crippen molar-refractivity contribution in [1.29, 1.82) is 0 Å². The van der Waals surface area contributed by atoms with E-state index in [1.807, 2.05) is 44.2 Å². The zero-order valence-corrected chi connectivity index (χ0v) is 20.3. The van der Waals surface area contributed by atoms with Crippen LogP contribution in [0.2, 0.25) is 0 Å². The summed E-state index contributed by atoms with van der Waals surface area (Å²) in [6, 6.07) is 13.9. The van der Waals surface area contributed by atoms with Crippen LogP contribution in [-0.2, 0) is 32.6 Å². The highest BCUT2D eigenvalue weighted by molar-refractivity contribution is 7.89. The second-order valence-corrected chi connectivity index (χ2v) is 11.1. The number of sulfonamides is 1. The van der Waals surface area contributed by atoms with Crippen molar-refractivity contribution in [2.45, 2.75) is 37.9 Å². The number of morpholine rings is 1. The molecule has 0 aliphatic carbocycles. The summed E-state index contributed by atoms with van der Waals surface area (Å²) in [6.07, 6.45) is 0. The Kier molecular flexibility index (Phi) is 6.99. The van der Waals surface area contributed by atoms with E-state index in [-0.39, 0.29) is 34.8 Å². The lowest BCUT2D eigenvalue weighted by Crippen LogP contribution is -2.43. The first-order valence-corrected chi connectivity index (χ1v) is 13.1. The van der Waals surface area contributed by atoms with Gasteiger partial charge in [0.25, 0.3) is 0 Å². The first-order valence-electron chi connectivity index (χ1n) is 10.8. The van der Waals surface area contributed by atoms with Gasteiger partial charge in [0.15, 0.2) is 0 Å². The maximum absolute atomic E-state index is 13.5. The van der Waals surface area contributed by atoms with Crippen molar-refractivity contribution in [2.24, 2.45) is 0 Å². The SMILES string of the molecule is CC(C)N(Cc1ccccc1)S(=O)(=O)c1ccc2c(c1)sc(=O)n2CC(=O)N1CCOCC1. The topological polar surface area (TPSA) is 88.9 Å². The summed E-state index contributed by atoms with van der Waals surface area (Å²) in [7, 11) is -3.79. The fraction of sp³-hybridized carbons (Fsp3) is 0.391. The Bertz CT molecular complexity index is 1290. The number of aromatic nitrogens is 1. The number of hydrogen-bond acceptors (Lipinski definition) is 6. The smallest absolute Gasteiger partial charge is 0.308 e. The summed E-state index contributed by atoms with van der Waals surface area (Å²) >= 11 is 0.951. The second-order valence-electron chi connectivity index (χ2n) is 8.21. The summed E-state index contributed by atoms with van der Waals surface area (Å²) < 4.78 is 35.6. The number of carbonyl (C=O) groups excluding carboxylic acids is 1. The van der Waals surface area contributed by atoms with Crippen molar-refractivity contribution in [3.05, 3.63) is 63.8 Å². The Morgan fingerprint density at radius 1 is 1.12 bits per heavy atom. The first kappa shape index (κ1) is 23.6. The van der Waals surface area contributed by atoms with E-state index in [4.69, 9.17) is 4.74 Å². The van der Waals surface area contributed by atoms with Crippen molar-refractivity contribution < 1.29 is 17.9 Å². The molecular weight excluding hydrogens is 462 g/mol. The molecule has 1 fully saturated rings. The summed E-state index contributed by atoms with van der Waals surface area (Å²) in [4.78, 5) is 26.8. The number of ether oxygens (including phenoxy) is 1. The third-order valence-corrected chi connectivity index (χ3v) is 8.62. The number of benzene rings is 2. The van der Waals surface area contributed by atoms with Crippen LogP contribution in [0.1, 0.15) is 19.4 Å². The maximum atomic E-state index is 13.5. The maximum Gasteiger partial charge on any atom is 0.308 e. The first-order chi connectivity index (χ1) is 15.8. The number of thiazole rings is 1. The molecule has 0 N–H and O–H groups in total. The van der Waals surface area contributed by atoms with E-state index in [9.17, 15) is 18.0 Å². The summed E-state index contributed by atoms with van der Waals surface area (Å²) in [6.45, 7) is 5.84. The average Bonchev–Trinajstić information content (AvgIpc) is 3.12. The van der Waals surface area contributed by atoms with Gasteiger partial charge >= 0.3 is 4.87 Å². The van der Waals surface area contributed by atoms with E-state index in [2.05, 4.69) is 0 Å². The molecular formula is C23H27N3O5S2. The molecule has 0 unspecified atom stereocenters. The molecule has 10 heteroatoms. The molecule has 1 aliphatic rings. The lowest BCUT2D eigenvalue weighted by atomic mass is 10.2. The van der Waals surface area contributed by atoms with Gasteiger partial charge in [0, 0.05) is 25.7 Å². The van der Waals surface area contributed by atoms with E-state index < -0.39 is 10.0 Å². The molecule has 2 aromatic carbocycles. The van der Waals surface area contributed by atoms with Crippen LogP contribution in [0.15, 0.2) is 58.2 Å². The average molecular weight is 490 g/mol. The molecule has 0 atom stereocenters. The lowest BCUT2D eigenvalue weighted by molar-refractivity contribution is -0.135. The Labute approximate surface area is 197 Å². The molecule has 1 aromatic heterocycles. The van der Waals surface area contributed by atoms with Gasteiger partial charge in [0.2, 0.25) is 15.9 Å². The van der Waals surface area contributed by atoms with E-state index in [0.717, 1.165) is 16.9 Å². The van der Waals surface area contributed by atoms with E-state index in [1.165, 1.54) is 21.0 Å². The zero-order chi connectivity index (χ0) is 23.6. The van der Waals surface area contributed by atoms with Crippen LogP contribution in [0.5, 0.6) is 0 Å². The standard InChI is InChI=1S/C23H27N3O5S2/c1-17(2)26(15-18-6-4-3-5-7-18)33(29,30)19-8-9-20-21(14-19)32-23(28)25(20)16-22(27)24-10-12-31-13-11-24/h3-9,14,17H,10-13,15-16H2,1-2H3. The van der Waals surface area contributed by atoms with Gasteiger partial charge in [0.1, 0.15) is 6.54 Å². The molecule has 1 amide bonds. The minimum absolute atomic E-state index is 0.0724. The van der Waals surface area contributed by atoms with Crippen molar-refractivity contribution in [1.82, 2.24) is 13.8 Å². The zero-order valence-electron chi connectivity index (χ0n) is 18.6.